The van der Waals surface area contributed by atoms with Crippen molar-refractivity contribution in [3.8, 4) is 0 Å². The highest BCUT2D eigenvalue weighted by Gasteiger charge is 2.41. The molecule has 0 bridgehead atoms. The van der Waals surface area contributed by atoms with Crippen LogP contribution in [0.2, 0.25) is 0 Å². The molecule has 0 atom stereocenters. The average molecular weight is 202 g/mol. The maximum absolute atomic E-state index is 13.1. The van der Waals surface area contributed by atoms with E-state index in [0.717, 1.165) is 18.4 Å². The Hall–Kier alpha value is -0.600. The van der Waals surface area contributed by atoms with E-state index in [0.29, 0.717) is 5.56 Å². The molecule has 1 fully saturated rings. The van der Waals surface area contributed by atoms with Crippen LogP contribution in [-0.4, -0.2) is 0 Å². The number of benzene rings is 1. The molecule has 0 unspecified atom stereocenters. The van der Waals surface area contributed by atoms with Gasteiger partial charge in [0.1, 0.15) is 5.82 Å². The van der Waals surface area contributed by atoms with Gasteiger partial charge in [0, 0.05) is 5.54 Å². The fourth-order valence-electron chi connectivity index (χ4n) is 1.55. The Bertz CT molecular complexity index is 321. The monoisotopic (exact) mass is 201 g/mol. The van der Waals surface area contributed by atoms with Crippen LogP contribution >= 0.6 is 12.4 Å². The van der Waals surface area contributed by atoms with Gasteiger partial charge in [-0.15, -0.1) is 12.4 Å². The molecular formula is C10H13ClFN. The van der Waals surface area contributed by atoms with E-state index in [2.05, 4.69) is 0 Å². The van der Waals surface area contributed by atoms with Crippen LogP contribution in [0.25, 0.3) is 0 Å². The fourth-order valence-corrected chi connectivity index (χ4v) is 1.55. The summed E-state index contributed by atoms with van der Waals surface area (Å²) in [7, 11) is 0. The van der Waals surface area contributed by atoms with Gasteiger partial charge in [-0.1, -0.05) is 12.1 Å². The Morgan fingerprint density at radius 2 is 2.00 bits per heavy atom. The largest absolute Gasteiger partial charge is 0.321 e. The Morgan fingerprint density at radius 3 is 2.54 bits per heavy atom. The molecule has 2 rings (SSSR count). The van der Waals surface area contributed by atoms with E-state index in [9.17, 15) is 4.39 Å². The van der Waals surface area contributed by atoms with Gasteiger partial charge in [-0.2, -0.15) is 0 Å². The van der Waals surface area contributed by atoms with Crippen LogP contribution in [0.15, 0.2) is 18.2 Å². The van der Waals surface area contributed by atoms with Gasteiger partial charge in [0.2, 0.25) is 0 Å². The summed E-state index contributed by atoms with van der Waals surface area (Å²) in [6.07, 6.45) is 1.97. The highest BCUT2D eigenvalue weighted by Crippen LogP contribution is 2.44. The second-order valence-electron chi connectivity index (χ2n) is 3.57. The topological polar surface area (TPSA) is 26.0 Å². The summed E-state index contributed by atoms with van der Waals surface area (Å²) >= 11 is 0. The molecule has 0 spiro atoms. The predicted octanol–water partition coefficient (Wildman–Crippen LogP) is 2.50. The molecule has 72 valence electrons. The lowest BCUT2D eigenvalue weighted by molar-refractivity contribution is 0.606. The van der Waals surface area contributed by atoms with Gasteiger partial charge in [-0.25, -0.2) is 4.39 Å². The van der Waals surface area contributed by atoms with E-state index < -0.39 is 0 Å². The van der Waals surface area contributed by atoms with Crippen molar-refractivity contribution in [2.45, 2.75) is 25.3 Å². The first-order valence-electron chi connectivity index (χ1n) is 4.18. The molecule has 0 aromatic heterocycles. The minimum Gasteiger partial charge on any atom is -0.321 e. The van der Waals surface area contributed by atoms with Crippen molar-refractivity contribution in [1.82, 2.24) is 0 Å². The van der Waals surface area contributed by atoms with Gasteiger partial charge < -0.3 is 5.73 Å². The van der Waals surface area contributed by atoms with E-state index in [-0.39, 0.29) is 23.8 Å². The lowest BCUT2D eigenvalue weighted by Gasteiger charge is -2.12. The second kappa shape index (κ2) is 3.28. The molecule has 0 heterocycles. The molecular weight excluding hydrogens is 189 g/mol. The SMILES string of the molecule is Cc1c(F)cccc1C1(N)CC1.Cl. The molecule has 0 radical (unpaired) electrons. The summed E-state index contributed by atoms with van der Waals surface area (Å²) in [4.78, 5) is 0. The first kappa shape index (κ1) is 10.5. The minimum absolute atomic E-state index is 0. The van der Waals surface area contributed by atoms with Crippen LogP contribution in [0.5, 0.6) is 0 Å². The van der Waals surface area contributed by atoms with Gasteiger partial charge in [-0.3, -0.25) is 0 Å². The first-order valence-corrected chi connectivity index (χ1v) is 4.18. The Kier molecular flexibility index (Phi) is 2.64. The highest BCUT2D eigenvalue weighted by molar-refractivity contribution is 5.85. The van der Waals surface area contributed by atoms with Crippen molar-refractivity contribution in [2.24, 2.45) is 5.73 Å². The quantitative estimate of drug-likeness (QED) is 0.743. The molecule has 0 saturated heterocycles. The van der Waals surface area contributed by atoms with Gasteiger partial charge in [-0.05, 0) is 37.0 Å². The lowest BCUT2D eigenvalue weighted by Crippen LogP contribution is -2.20. The molecule has 0 aliphatic heterocycles. The molecule has 1 saturated carbocycles. The molecule has 2 N–H and O–H groups in total. The van der Waals surface area contributed by atoms with Crippen LogP contribution in [0.3, 0.4) is 0 Å². The molecule has 1 nitrogen and oxygen atoms in total. The first-order chi connectivity index (χ1) is 5.63. The van der Waals surface area contributed by atoms with Gasteiger partial charge in [0.25, 0.3) is 0 Å². The van der Waals surface area contributed by atoms with Crippen molar-refractivity contribution in [3.63, 3.8) is 0 Å². The molecule has 0 amide bonds. The second-order valence-corrected chi connectivity index (χ2v) is 3.57. The van der Waals surface area contributed by atoms with Crippen LogP contribution in [0.1, 0.15) is 24.0 Å². The maximum atomic E-state index is 13.1. The van der Waals surface area contributed by atoms with E-state index in [1.807, 2.05) is 6.07 Å². The standard InChI is InChI=1S/C10H12FN.ClH/c1-7-8(10(12)5-6-10)3-2-4-9(7)11;/h2-4H,5-6,12H2,1H3;1H. The summed E-state index contributed by atoms with van der Waals surface area (Å²) in [6, 6.07) is 5.13. The van der Waals surface area contributed by atoms with Crippen molar-refractivity contribution >= 4 is 12.4 Å². The summed E-state index contributed by atoms with van der Waals surface area (Å²) in [5.74, 6) is -0.149. The fraction of sp³-hybridized carbons (Fsp3) is 0.400. The predicted molar refractivity (Wildman–Crippen MR) is 53.5 cm³/mol. The molecule has 1 aromatic carbocycles. The number of hydrogen-bond donors (Lipinski definition) is 1. The summed E-state index contributed by atoms with van der Waals surface area (Å²) in [5, 5.41) is 0. The van der Waals surface area contributed by atoms with Gasteiger partial charge in [0.05, 0.1) is 0 Å². The zero-order valence-electron chi connectivity index (χ0n) is 7.51. The van der Waals surface area contributed by atoms with Crippen LogP contribution < -0.4 is 5.73 Å². The van der Waals surface area contributed by atoms with Gasteiger partial charge in [0.15, 0.2) is 0 Å². The summed E-state index contributed by atoms with van der Waals surface area (Å²) in [5.41, 5.74) is 7.44. The number of nitrogens with two attached hydrogens (primary N) is 1. The third-order valence-electron chi connectivity index (χ3n) is 2.59. The van der Waals surface area contributed by atoms with Crippen molar-refractivity contribution in [3.05, 3.63) is 35.1 Å². The number of hydrogen-bond acceptors (Lipinski definition) is 1. The Balaban J connectivity index is 0.000000845. The lowest BCUT2D eigenvalue weighted by atomic mass is 10.00. The van der Waals surface area contributed by atoms with Crippen molar-refractivity contribution < 1.29 is 4.39 Å². The third-order valence-corrected chi connectivity index (χ3v) is 2.59. The maximum Gasteiger partial charge on any atom is 0.126 e. The van der Waals surface area contributed by atoms with E-state index in [1.165, 1.54) is 6.07 Å². The van der Waals surface area contributed by atoms with Crippen LogP contribution in [0.4, 0.5) is 4.39 Å². The summed E-state index contributed by atoms with van der Waals surface area (Å²) in [6.45, 7) is 1.79. The molecule has 1 aromatic rings. The smallest absolute Gasteiger partial charge is 0.126 e. The number of halogens is 2. The highest BCUT2D eigenvalue weighted by atomic mass is 35.5. The molecule has 1 aliphatic rings. The molecule has 1 aliphatic carbocycles. The van der Waals surface area contributed by atoms with Crippen LogP contribution in [-0.2, 0) is 5.54 Å². The zero-order chi connectivity index (χ0) is 8.77. The Morgan fingerprint density at radius 1 is 1.38 bits per heavy atom. The molecule has 3 heteroatoms. The Labute approximate surface area is 83.5 Å². The summed E-state index contributed by atoms with van der Waals surface area (Å²) < 4.78 is 13.1. The molecule has 13 heavy (non-hydrogen) atoms. The van der Waals surface area contributed by atoms with E-state index in [4.69, 9.17) is 5.73 Å². The van der Waals surface area contributed by atoms with E-state index >= 15 is 0 Å². The van der Waals surface area contributed by atoms with Crippen LogP contribution in [0, 0.1) is 12.7 Å². The zero-order valence-corrected chi connectivity index (χ0v) is 8.33. The van der Waals surface area contributed by atoms with Gasteiger partial charge >= 0.3 is 0 Å². The normalized spacial score (nSPS) is 17.8. The average Bonchev–Trinajstić information content (AvgIpc) is 2.75. The minimum atomic E-state index is -0.216. The number of rotatable bonds is 1. The van der Waals surface area contributed by atoms with Crippen molar-refractivity contribution in [2.75, 3.05) is 0 Å². The third kappa shape index (κ3) is 1.69. The van der Waals surface area contributed by atoms with E-state index in [1.54, 1.807) is 13.0 Å². The van der Waals surface area contributed by atoms with Crippen molar-refractivity contribution in [1.29, 1.82) is 0 Å².